The standard InChI is InChI=1S/C18H28O14/c1-7(20)27-4-10-12(23)13(24)14(25)17(30-10)32-18(6-19)16(26)15(29-9(3)22)11(31-18)5-28-8(2)21/h10-17,19,23-26H,4-6H2,1-3H3/t10-,11-,12-,13+,14-,15-,16+,17-,18+/m1/s1. The van der Waals surface area contributed by atoms with Gasteiger partial charge in [-0.05, 0) is 0 Å². The first kappa shape index (κ1) is 26.3. The Morgan fingerprint density at radius 3 is 1.91 bits per heavy atom. The van der Waals surface area contributed by atoms with Crippen LogP contribution >= 0.6 is 0 Å². The molecule has 0 aromatic carbocycles. The average Bonchev–Trinajstić information content (AvgIpc) is 2.97. The van der Waals surface area contributed by atoms with Gasteiger partial charge in [-0.15, -0.1) is 0 Å². The molecule has 0 aliphatic carbocycles. The van der Waals surface area contributed by atoms with Crippen molar-refractivity contribution in [2.45, 2.75) is 75.6 Å². The van der Waals surface area contributed by atoms with E-state index in [0.717, 1.165) is 20.8 Å². The first-order valence-electron chi connectivity index (χ1n) is 9.70. The van der Waals surface area contributed by atoms with E-state index in [2.05, 4.69) is 0 Å². The molecular formula is C18H28O14. The predicted molar refractivity (Wildman–Crippen MR) is 97.3 cm³/mol. The van der Waals surface area contributed by atoms with E-state index in [1.165, 1.54) is 0 Å². The Morgan fingerprint density at radius 1 is 0.844 bits per heavy atom. The monoisotopic (exact) mass is 468 g/mol. The molecule has 0 aromatic rings. The Hall–Kier alpha value is -1.91. The van der Waals surface area contributed by atoms with Crippen LogP contribution in [-0.2, 0) is 42.8 Å². The molecule has 2 aliphatic rings. The number of aliphatic hydroxyl groups is 5. The number of carbonyl (C=O) groups is 3. The van der Waals surface area contributed by atoms with E-state index in [0.29, 0.717) is 0 Å². The zero-order chi connectivity index (χ0) is 24.2. The Kier molecular flexibility index (Phi) is 8.90. The van der Waals surface area contributed by atoms with Crippen molar-refractivity contribution >= 4 is 17.9 Å². The van der Waals surface area contributed by atoms with Gasteiger partial charge >= 0.3 is 17.9 Å². The summed E-state index contributed by atoms with van der Waals surface area (Å²) in [7, 11) is 0. The van der Waals surface area contributed by atoms with Gasteiger partial charge in [0.1, 0.15) is 56.4 Å². The third-order valence-electron chi connectivity index (χ3n) is 4.89. The molecule has 0 aromatic heterocycles. The predicted octanol–water partition coefficient (Wildman–Crippen LogP) is -3.68. The van der Waals surface area contributed by atoms with Crippen LogP contribution in [0.15, 0.2) is 0 Å². The van der Waals surface area contributed by atoms with E-state index in [1.807, 2.05) is 0 Å². The fourth-order valence-electron chi connectivity index (χ4n) is 3.32. The molecule has 2 rings (SSSR count). The Labute approximate surface area is 182 Å². The summed E-state index contributed by atoms with van der Waals surface area (Å²) < 4.78 is 31.0. The third kappa shape index (κ3) is 5.90. The van der Waals surface area contributed by atoms with Crippen molar-refractivity contribution in [3.05, 3.63) is 0 Å². The van der Waals surface area contributed by atoms with Crippen molar-refractivity contribution < 1.29 is 68.3 Å². The molecule has 0 bridgehead atoms. The summed E-state index contributed by atoms with van der Waals surface area (Å²) in [5.41, 5.74) is 0. The lowest BCUT2D eigenvalue weighted by Crippen LogP contribution is -2.63. The molecule has 2 aliphatic heterocycles. The fraction of sp³-hybridized carbons (Fsp3) is 0.833. The molecule has 0 radical (unpaired) electrons. The van der Waals surface area contributed by atoms with Gasteiger partial charge in [0.25, 0.3) is 0 Å². The number of esters is 3. The molecule has 14 nitrogen and oxygen atoms in total. The van der Waals surface area contributed by atoms with Crippen molar-refractivity contribution in [2.75, 3.05) is 19.8 Å². The third-order valence-corrected chi connectivity index (χ3v) is 4.89. The van der Waals surface area contributed by atoms with Gasteiger partial charge in [0.2, 0.25) is 5.79 Å². The van der Waals surface area contributed by atoms with Crippen molar-refractivity contribution in [3.63, 3.8) is 0 Å². The molecule has 0 spiro atoms. The van der Waals surface area contributed by atoms with Crippen LogP contribution in [0.2, 0.25) is 0 Å². The summed E-state index contributed by atoms with van der Waals surface area (Å²) in [4.78, 5) is 33.6. The maximum atomic E-state index is 11.5. The summed E-state index contributed by atoms with van der Waals surface area (Å²) in [6.45, 7) is 1.27. The number of aliphatic hydroxyl groups excluding tert-OH is 5. The first-order valence-corrected chi connectivity index (χ1v) is 9.70. The minimum atomic E-state index is -2.34. The highest BCUT2D eigenvalue weighted by Crippen LogP contribution is 2.37. The van der Waals surface area contributed by atoms with E-state index in [-0.39, 0.29) is 0 Å². The van der Waals surface area contributed by atoms with Crippen molar-refractivity contribution in [1.82, 2.24) is 0 Å². The fourth-order valence-corrected chi connectivity index (χ4v) is 3.32. The van der Waals surface area contributed by atoms with Crippen LogP contribution < -0.4 is 0 Å². The minimum Gasteiger partial charge on any atom is -0.463 e. The van der Waals surface area contributed by atoms with Gasteiger partial charge in [0.15, 0.2) is 12.4 Å². The quantitative estimate of drug-likeness (QED) is 0.172. The van der Waals surface area contributed by atoms with Gasteiger partial charge < -0.3 is 54.0 Å². The van der Waals surface area contributed by atoms with Crippen molar-refractivity contribution in [1.29, 1.82) is 0 Å². The molecule has 2 fully saturated rings. The van der Waals surface area contributed by atoms with Crippen LogP contribution in [-0.4, -0.2) is 118 Å². The SMILES string of the molecule is CC(=O)OC[C@H]1O[C@H](O[C@]2(CO)O[C@H](COC(C)=O)[C@@H](OC(C)=O)[C@@H]2O)[C@H](O)[C@@H](O)[C@@H]1O. The van der Waals surface area contributed by atoms with Gasteiger partial charge in [-0.1, -0.05) is 0 Å². The smallest absolute Gasteiger partial charge is 0.303 e. The molecular weight excluding hydrogens is 440 g/mol. The molecule has 9 atom stereocenters. The highest BCUT2D eigenvalue weighted by atomic mass is 16.8. The van der Waals surface area contributed by atoms with Gasteiger partial charge in [-0.2, -0.15) is 0 Å². The van der Waals surface area contributed by atoms with E-state index in [9.17, 15) is 39.9 Å². The maximum absolute atomic E-state index is 11.5. The van der Waals surface area contributed by atoms with Crippen molar-refractivity contribution in [3.8, 4) is 0 Å². The van der Waals surface area contributed by atoms with E-state index in [1.54, 1.807) is 0 Å². The molecule has 2 heterocycles. The van der Waals surface area contributed by atoms with E-state index >= 15 is 0 Å². The largest absolute Gasteiger partial charge is 0.463 e. The van der Waals surface area contributed by atoms with E-state index < -0.39 is 92.5 Å². The number of ether oxygens (including phenoxy) is 6. The summed E-state index contributed by atoms with van der Waals surface area (Å²) in [5.74, 6) is -4.54. The molecule has 184 valence electrons. The lowest BCUT2D eigenvalue weighted by atomic mass is 9.99. The number of rotatable bonds is 8. The van der Waals surface area contributed by atoms with Gasteiger partial charge in [-0.3, -0.25) is 14.4 Å². The summed E-state index contributed by atoms with van der Waals surface area (Å²) in [6, 6.07) is 0. The van der Waals surface area contributed by atoms with Crippen LogP contribution in [0.1, 0.15) is 20.8 Å². The number of hydrogen-bond acceptors (Lipinski definition) is 14. The van der Waals surface area contributed by atoms with Crippen LogP contribution in [0.3, 0.4) is 0 Å². The molecule has 0 saturated carbocycles. The number of hydrogen-bond donors (Lipinski definition) is 5. The second-order valence-corrected chi connectivity index (χ2v) is 7.38. The summed E-state index contributed by atoms with van der Waals surface area (Å²) >= 11 is 0. The van der Waals surface area contributed by atoms with Crippen LogP contribution in [0.25, 0.3) is 0 Å². The molecule has 0 amide bonds. The first-order chi connectivity index (χ1) is 14.9. The second-order valence-electron chi connectivity index (χ2n) is 7.38. The maximum Gasteiger partial charge on any atom is 0.303 e. The Bertz CT molecular complexity index is 685. The summed E-state index contributed by atoms with van der Waals surface area (Å²) in [6.07, 6.45) is -13.0. The average molecular weight is 468 g/mol. The Balaban J connectivity index is 2.24. The topological polar surface area (TPSA) is 208 Å². The normalized spacial score (nSPS) is 39.4. The zero-order valence-corrected chi connectivity index (χ0v) is 17.7. The highest BCUT2D eigenvalue weighted by Gasteiger charge is 2.60. The molecule has 0 unspecified atom stereocenters. The minimum absolute atomic E-state index is 0.472. The summed E-state index contributed by atoms with van der Waals surface area (Å²) in [5, 5.41) is 51.1. The molecule has 2 saturated heterocycles. The lowest BCUT2D eigenvalue weighted by molar-refractivity contribution is -0.383. The molecule has 14 heteroatoms. The van der Waals surface area contributed by atoms with Crippen LogP contribution in [0, 0.1) is 0 Å². The van der Waals surface area contributed by atoms with Crippen LogP contribution in [0.5, 0.6) is 0 Å². The molecule has 5 N–H and O–H groups in total. The second kappa shape index (κ2) is 10.8. The Morgan fingerprint density at radius 2 is 1.41 bits per heavy atom. The van der Waals surface area contributed by atoms with Gasteiger partial charge in [0, 0.05) is 20.8 Å². The van der Waals surface area contributed by atoms with E-state index in [4.69, 9.17) is 28.4 Å². The molecule has 32 heavy (non-hydrogen) atoms. The lowest BCUT2D eigenvalue weighted by Gasteiger charge is -2.43. The van der Waals surface area contributed by atoms with Gasteiger partial charge in [-0.25, -0.2) is 0 Å². The van der Waals surface area contributed by atoms with Crippen LogP contribution in [0.4, 0.5) is 0 Å². The number of carbonyl (C=O) groups excluding carboxylic acids is 3. The zero-order valence-electron chi connectivity index (χ0n) is 17.7. The highest BCUT2D eigenvalue weighted by molar-refractivity contribution is 5.67. The van der Waals surface area contributed by atoms with Gasteiger partial charge in [0.05, 0.1) is 0 Å². The van der Waals surface area contributed by atoms with Crippen molar-refractivity contribution in [2.24, 2.45) is 0 Å².